The van der Waals surface area contributed by atoms with Gasteiger partial charge in [-0.05, 0) is 61.0 Å². The molecule has 41 heavy (non-hydrogen) atoms. The molecule has 0 saturated heterocycles. The molecule has 1 aromatic rings. The Bertz CT molecular complexity index is 1000. The van der Waals surface area contributed by atoms with Crippen LogP contribution in [0.15, 0.2) is 12.1 Å². The van der Waals surface area contributed by atoms with Crippen LogP contribution >= 0.6 is 0 Å². The molecule has 2 fully saturated rings. The summed E-state index contributed by atoms with van der Waals surface area (Å²) in [6.07, 6.45) is 10.3. The van der Waals surface area contributed by atoms with Crippen LogP contribution in [0.5, 0.6) is 0 Å². The van der Waals surface area contributed by atoms with E-state index in [1.165, 1.54) is 38.5 Å². The van der Waals surface area contributed by atoms with Gasteiger partial charge in [0.1, 0.15) is 17.9 Å². The van der Waals surface area contributed by atoms with Crippen molar-refractivity contribution in [3.05, 3.63) is 23.4 Å². The third kappa shape index (κ3) is 10.6. The minimum atomic E-state index is -0.913. The molecule has 0 spiro atoms. The molecule has 9 N–H and O–H groups in total. The van der Waals surface area contributed by atoms with Gasteiger partial charge in [-0.25, -0.2) is 4.98 Å². The zero-order valence-electron chi connectivity index (χ0n) is 25.7. The van der Waals surface area contributed by atoms with Gasteiger partial charge in [0.05, 0.1) is 6.04 Å². The van der Waals surface area contributed by atoms with Crippen LogP contribution in [-0.4, -0.2) is 46.0 Å². The second-order valence-corrected chi connectivity index (χ2v) is 12.4. The van der Waals surface area contributed by atoms with E-state index in [4.69, 9.17) is 22.3 Å². The number of rotatable bonds is 11. The molecule has 2 aliphatic carbocycles. The number of carbonyl (C=O) groups excluding carboxylic acids is 2. The van der Waals surface area contributed by atoms with Gasteiger partial charge in [0, 0.05) is 12.2 Å². The van der Waals surface area contributed by atoms with Crippen LogP contribution < -0.4 is 27.8 Å². The number of fused-ring (bicyclic) bond motifs is 1. The van der Waals surface area contributed by atoms with Gasteiger partial charge in [-0.2, -0.15) is 0 Å². The second kappa shape index (κ2) is 16.7. The fourth-order valence-corrected chi connectivity index (χ4v) is 6.07. The molecule has 3 rings (SSSR count). The van der Waals surface area contributed by atoms with Crippen molar-refractivity contribution in [3.8, 4) is 0 Å². The molecule has 1 aromatic heterocycles. The lowest BCUT2D eigenvalue weighted by Gasteiger charge is -2.42. The van der Waals surface area contributed by atoms with E-state index < -0.39 is 24.1 Å². The number of carboxylic acids is 1. The Labute approximate surface area is 246 Å². The van der Waals surface area contributed by atoms with Gasteiger partial charge in [0.2, 0.25) is 11.8 Å². The van der Waals surface area contributed by atoms with Crippen LogP contribution in [0.1, 0.15) is 96.7 Å². The van der Waals surface area contributed by atoms with Crippen LogP contribution in [-0.2, 0) is 20.9 Å². The molecule has 10 nitrogen and oxygen atoms in total. The molecule has 2 amide bonds. The number of aliphatic carboxylic acids is 1. The van der Waals surface area contributed by atoms with Crippen LogP contribution in [0, 0.1) is 36.5 Å². The molecule has 0 aromatic carbocycles. The Morgan fingerprint density at radius 2 is 1.66 bits per heavy atom. The maximum Gasteiger partial charge on any atom is 0.320 e. The highest BCUT2D eigenvalue weighted by Gasteiger charge is 2.37. The Morgan fingerprint density at radius 1 is 1.00 bits per heavy atom. The fourth-order valence-electron chi connectivity index (χ4n) is 6.07. The summed E-state index contributed by atoms with van der Waals surface area (Å²) in [4.78, 5) is 40.4. The third-order valence-electron chi connectivity index (χ3n) is 9.13. The molecule has 232 valence electrons. The number of amides is 2. The maximum atomic E-state index is 13.2. The summed E-state index contributed by atoms with van der Waals surface area (Å²) in [5, 5.41) is 14.4. The molecular formula is C31H54N6O4. The summed E-state index contributed by atoms with van der Waals surface area (Å²) in [5.41, 5.74) is 18.8. The maximum absolute atomic E-state index is 13.2. The van der Waals surface area contributed by atoms with E-state index in [1.54, 1.807) is 6.07 Å². The smallest absolute Gasteiger partial charge is 0.320 e. The topological polar surface area (TPSA) is 186 Å². The monoisotopic (exact) mass is 574 g/mol. The summed E-state index contributed by atoms with van der Waals surface area (Å²) in [6, 6.07) is 1.73. The number of carboxylic acid groups (broad SMARTS) is 1. The highest BCUT2D eigenvalue weighted by atomic mass is 16.4. The first kappa shape index (κ1) is 34.5. The molecule has 4 unspecified atom stereocenters. The lowest BCUT2D eigenvalue weighted by molar-refractivity contribution is -0.139. The van der Waals surface area contributed by atoms with Gasteiger partial charge >= 0.3 is 5.97 Å². The van der Waals surface area contributed by atoms with E-state index in [0.29, 0.717) is 30.6 Å². The standard InChI is InChI=1S/C25H41N5O2.C6H13NO2/c1-15(2)23(27)25(32)30-21(13-18-9-6-8-17-7-4-5-10-20(17)18)24(31)28-14-19-11-12-22(26)29-16(19)3;1-3-4(2)5(7)6(8)9/h11-12,15,17-18,20-21,23H,4-10,13-14,27H2,1-3H3,(H2,26,29)(H,28,31)(H,30,32);4-5H,3,7H2,1-2H3,(H,8,9)/t17?,18?,20?,21-,23+;4?,5-/m01/s1. The van der Waals surface area contributed by atoms with Crippen molar-refractivity contribution in [2.45, 2.75) is 117 Å². The number of aryl methyl sites for hydroxylation is 1. The highest BCUT2D eigenvalue weighted by molar-refractivity contribution is 5.89. The first-order valence-corrected chi connectivity index (χ1v) is 15.4. The number of anilines is 1. The first-order valence-electron chi connectivity index (χ1n) is 15.4. The highest BCUT2D eigenvalue weighted by Crippen LogP contribution is 2.45. The van der Waals surface area contributed by atoms with Crippen LogP contribution in [0.2, 0.25) is 0 Å². The Morgan fingerprint density at radius 3 is 2.24 bits per heavy atom. The summed E-state index contributed by atoms with van der Waals surface area (Å²) >= 11 is 0. The summed E-state index contributed by atoms with van der Waals surface area (Å²) in [7, 11) is 0. The number of pyridine rings is 1. The lowest BCUT2D eigenvalue weighted by atomic mass is 9.64. The number of nitrogens with zero attached hydrogens (tertiary/aromatic N) is 1. The molecule has 7 atom stereocenters. The van der Waals surface area contributed by atoms with Gasteiger partial charge in [-0.3, -0.25) is 14.4 Å². The predicted octanol–water partition coefficient (Wildman–Crippen LogP) is 3.50. The number of nitrogen functional groups attached to an aromatic ring is 1. The van der Waals surface area contributed by atoms with Crippen molar-refractivity contribution in [3.63, 3.8) is 0 Å². The van der Waals surface area contributed by atoms with Gasteiger partial charge in [0.25, 0.3) is 0 Å². The molecule has 0 bridgehead atoms. The second-order valence-electron chi connectivity index (χ2n) is 12.4. The van der Waals surface area contributed by atoms with Gasteiger partial charge in [-0.1, -0.05) is 78.7 Å². The van der Waals surface area contributed by atoms with Gasteiger partial charge in [-0.15, -0.1) is 0 Å². The summed E-state index contributed by atoms with van der Waals surface area (Å²) in [5.74, 6) is 1.16. The number of nitrogens with one attached hydrogen (secondary N) is 2. The normalized spacial score (nSPS) is 23.2. The number of aromatic nitrogens is 1. The van der Waals surface area contributed by atoms with Crippen LogP contribution in [0.3, 0.4) is 0 Å². The minimum Gasteiger partial charge on any atom is -0.480 e. The zero-order valence-corrected chi connectivity index (χ0v) is 25.7. The number of carbonyl (C=O) groups is 3. The SMILES string of the molecule is CCC(C)[C@@H](N)C(=O)O.Cc1nc(N)ccc1CNC(=O)[C@H](CC1CCCC2CCCCC21)NC(=O)[C@H](N)C(C)C. The van der Waals surface area contributed by atoms with Gasteiger partial charge in [0.15, 0.2) is 0 Å². The molecule has 2 saturated carbocycles. The largest absolute Gasteiger partial charge is 0.480 e. The zero-order chi connectivity index (χ0) is 30.7. The van der Waals surface area contributed by atoms with E-state index in [0.717, 1.165) is 30.0 Å². The van der Waals surface area contributed by atoms with E-state index >= 15 is 0 Å². The summed E-state index contributed by atoms with van der Waals surface area (Å²) < 4.78 is 0. The van der Waals surface area contributed by atoms with Crippen molar-refractivity contribution in [1.82, 2.24) is 15.6 Å². The van der Waals surface area contributed by atoms with E-state index in [1.807, 2.05) is 40.7 Å². The summed E-state index contributed by atoms with van der Waals surface area (Å²) in [6.45, 7) is 9.83. The number of hydrogen-bond acceptors (Lipinski definition) is 7. The van der Waals surface area contributed by atoms with Crippen molar-refractivity contribution < 1.29 is 19.5 Å². The molecule has 2 aliphatic rings. The fraction of sp³-hybridized carbons (Fsp3) is 0.742. The quantitative estimate of drug-likeness (QED) is 0.232. The Balaban J connectivity index is 0.000000564. The van der Waals surface area contributed by atoms with E-state index in [-0.39, 0.29) is 23.7 Å². The molecule has 0 aliphatic heterocycles. The molecular weight excluding hydrogens is 520 g/mol. The molecule has 10 heteroatoms. The first-order chi connectivity index (χ1) is 19.3. The van der Waals surface area contributed by atoms with E-state index in [2.05, 4.69) is 15.6 Å². The number of nitrogens with two attached hydrogens (primary N) is 3. The third-order valence-corrected chi connectivity index (χ3v) is 9.13. The van der Waals surface area contributed by atoms with Crippen LogP contribution in [0.25, 0.3) is 0 Å². The lowest BCUT2D eigenvalue weighted by Crippen LogP contribution is -2.54. The van der Waals surface area contributed by atoms with Gasteiger partial charge < -0.3 is 32.9 Å². The minimum absolute atomic E-state index is 0.0135. The molecule has 1 heterocycles. The average Bonchev–Trinajstić information content (AvgIpc) is 2.95. The van der Waals surface area contributed by atoms with Crippen molar-refractivity contribution >= 4 is 23.6 Å². The Hall–Kier alpha value is -2.72. The van der Waals surface area contributed by atoms with E-state index in [9.17, 15) is 14.4 Å². The predicted molar refractivity (Wildman–Crippen MR) is 162 cm³/mol. The van der Waals surface area contributed by atoms with Crippen LogP contribution in [0.4, 0.5) is 5.82 Å². The van der Waals surface area contributed by atoms with Crippen molar-refractivity contribution in [2.75, 3.05) is 5.73 Å². The molecule has 0 radical (unpaired) electrons. The number of hydrogen-bond donors (Lipinski definition) is 6. The van der Waals surface area contributed by atoms with Crippen molar-refractivity contribution in [2.24, 2.45) is 41.1 Å². The average molecular weight is 575 g/mol. The Kier molecular flexibility index (Phi) is 14.0. The van der Waals surface area contributed by atoms with Crippen molar-refractivity contribution in [1.29, 1.82) is 0 Å².